The third kappa shape index (κ3) is 14.7. The summed E-state index contributed by atoms with van der Waals surface area (Å²) in [6.45, 7) is 4.14. The van der Waals surface area contributed by atoms with Crippen molar-refractivity contribution in [2.24, 2.45) is 0 Å². The van der Waals surface area contributed by atoms with E-state index in [9.17, 15) is 40.9 Å². The monoisotopic (exact) mass is 649 g/mol. The molecule has 45 heavy (non-hydrogen) atoms. The zero-order valence-corrected chi connectivity index (χ0v) is 27.9. The van der Waals surface area contributed by atoms with Gasteiger partial charge in [0.2, 0.25) is 0 Å². The zero-order valence-electron chi connectivity index (χ0n) is 27.9. The average molecular weight is 650 g/mol. The number of hydrogen-bond donors (Lipinski definition) is 8. The minimum atomic E-state index is -1.34. The van der Waals surface area contributed by atoms with Crippen molar-refractivity contribution in [3.05, 3.63) is 0 Å². The van der Waals surface area contributed by atoms with Gasteiger partial charge in [0.1, 0.15) is 48.8 Å². The SMILES string of the molecule is CCCCCCCCCCCCCCN(CCCC[C@@H]1O[C@H](CO)[C@@H](O)[C@H](O)[C@H]1O)CCCC[C@@H]1O[C@H](CO)[C@@H](O)[C@H](O)[C@H]1O. The van der Waals surface area contributed by atoms with E-state index in [0.717, 1.165) is 51.7 Å². The van der Waals surface area contributed by atoms with E-state index in [0.29, 0.717) is 12.8 Å². The molecule has 0 radical (unpaired) electrons. The van der Waals surface area contributed by atoms with Crippen LogP contribution in [0.15, 0.2) is 0 Å². The summed E-state index contributed by atoms with van der Waals surface area (Å²) < 4.78 is 11.3. The average Bonchev–Trinajstić information content (AvgIpc) is 3.04. The minimum absolute atomic E-state index is 0.419. The van der Waals surface area contributed by atoms with Crippen molar-refractivity contribution in [1.29, 1.82) is 0 Å². The van der Waals surface area contributed by atoms with Gasteiger partial charge in [-0.25, -0.2) is 0 Å². The Bertz CT molecular complexity index is 672. The molecule has 8 N–H and O–H groups in total. The number of hydrogen-bond acceptors (Lipinski definition) is 11. The van der Waals surface area contributed by atoms with E-state index in [4.69, 9.17) is 9.47 Å². The maximum Gasteiger partial charge on any atom is 0.111 e. The summed E-state index contributed by atoms with van der Waals surface area (Å²) in [4.78, 5) is 2.44. The second-order valence-electron chi connectivity index (χ2n) is 13.5. The fraction of sp³-hybridized carbons (Fsp3) is 1.00. The highest BCUT2D eigenvalue weighted by atomic mass is 16.5. The highest BCUT2D eigenvalue weighted by molar-refractivity contribution is 4.93. The molecule has 11 heteroatoms. The maximum absolute atomic E-state index is 10.3. The van der Waals surface area contributed by atoms with Crippen molar-refractivity contribution in [3.8, 4) is 0 Å². The van der Waals surface area contributed by atoms with Crippen molar-refractivity contribution in [2.75, 3.05) is 32.8 Å². The van der Waals surface area contributed by atoms with Gasteiger partial charge in [0.05, 0.1) is 25.4 Å². The lowest BCUT2D eigenvalue weighted by Crippen LogP contribution is -2.58. The van der Waals surface area contributed by atoms with Crippen LogP contribution in [0.4, 0.5) is 0 Å². The van der Waals surface area contributed by atoms with Gasteiger partial charge in [-0.2, -0.15) is 0 Å². The number of aliphatic hydroxyl groups is 8. The molecule has 2 fully saturated rings. The first-order valence-corrected chi connectivity index (χ1v) is 18.1. The van der Waals surface area contributed by atoms with Crippen LogP contribution >= 0.6 is 0 Å². The molecule has 11 nitrogen and oxygen atoms in total. The Hall–Kier alpha value is -0.440. The molecule has 2 heterocycles. The van der Waals surface area contributed by atoms with Crippen LogP contribution in [-0.4, -0.2) is 140 Å². The molecular formula is C34H67NO10. The molecule has 0 bridgehead atoms. The Labute approximate surface area is 271 Å². The van der Waals surface area contributed by atoms with Gasteiger partial charge in [0, 0.05) is 0 Å². The van der Waals surface area contributed by atoms with E-state index in [1.807, 2.05) is 0 Å². The van der Waals surface area contributed by atoms with E-state index in [-0.39, 0.29) is 0 Å². The maximum atomic E-state index is 10.3. The van der Waals surface area contributed by atoms with Gasteiger partial charge < -0.3 is 55.2 Å². The second kappa shape index (κ2) is 23.8. The molecule has 2 rings (SSSR count). The predicted molar refractivity (Wildman–Crippen MR) is 173 cm³/mol. The largest absolute Gasteiger partial charge is 0.394 e. The molecule has 0 unspecified atom stereocenters. The molecule has 0 saturated carbocycles. The first-order chi connectivity index (χ1) is 21.7. The molecule has 2 saturated heterocycles. The Morgan fingerprint density at radius 2 is 0.711 bits per heavy atom. The molecule has 2 aliphatic heterocycles. The molecule has 2 aliphatic rings. The molecule has 0 aliphatic carbocycles. The van der Waals surface area contributed by atoms with E-state index in [1.54, 1.807) is 0 Å². The van der Waals surface area contributed by atoms with Gasteiger partial charge >= 0.3 is 0 Å². The van der Waals surface area contributed by atoms with E-state index >= 15 is 0 Å². The standard InChI is InChI=1S/C34H67NO10/c1-2-3-4-5-6-7-8-9-10-11-12-15-20-35(21-16-13-18-25-29(38)33(42)31(40)27(23-36)44-25)22-17-14-19-26-30(39)34(43)32(41)28(24-37)45-26/h25-34,36-43H,2-24H2,1H3/t25-,26-,27+,28+,29-,30-,31+,32+,33+,34+/m0/s1. The van der Waals surface area contributed by atoms with Crippen molar-refractivity contribution in [1.82, 2.24) is 4.90 Å². The fourth-order valence-corrected chi connectivity index (χ4v) is 6.71. The third-order valence-corrected chi connectivity index (χ3v) is 9.74. The highest BCUT2D eigenvalue weighted by Gasteiger charge is 2.43. The van der Waals surface area contributed by atoms with Crippen LogP contribution in [0.3, 0.4) is 0 Å². The Morgan fingerprint density at radius 1 is 0.400 bits per heavy atom. The van der Waals surface area contributed by atoms with Crippen LogP contribution in [0.5, 0.6) is 0 Å². The third-order valence-electron chi connectivity index (χ3n) is 9.74. The highest BCUT2D eigenvalue weighted by Crippen LogP contribution is 2.26. The van der Waals surface area contributed by atoms with Crippen LogP contribution < -0.4 is 0 Å². The van der Waals surface area contributed by atoms with Crippen molar-refractivity contribution < 1.29 is 50.3 Å². The normalized spacial score (nSPS) is 32.4. The molecule has 10 atom stereocenters. The lowest BCUT2D eigenvalue weighted by atomic mass is 9.92. The van der Waals surface area contributed by atoms with Crippen LogP contribution in [-0.2, 0) is 9.47 Å². The molecule has 0 amide bonds. The van der Waals surface area contributed by atoms with Crippen molar-refractivity contribution in [3.63, 3.8) is 0 Å². The summed E-state index contributed by atoms with van der Waals surface area (Å²) in [6.07, 6.45) is 9.16. The first kappa shape index (κ1) is 40.7. The fourth-order valence-electron chi connectivity index (χ4n) is 6.71. The summed E-state index contributed by atoms with van der Waals surface area (Å²) in [5, 5.41) is 79.8. The minimum Gasteiger partial charge on any atom is -0.394 e. The summed E-state index contributed by atoms with van der Waals surface area (Å²) >= 11 is 0. The summed E-state index contributed by atoms with van der Waals surface area (Å²) in [5.41, 5.74) is 0. The van der Waals surface area contributed by atoms with Crippen LogP contribution in [0.25, 0.3) is 0 Å². The summed E-state index contributed by atoms with van der Waals surface area (Å²) in [5.74, 6) is 0. The van der Waals surface area contributed by atoms with E-state index in [1.165, 1.54) is 70.6 Å². The lowest BCUT2D eigenvalue weighted by molar-refractivity contribution is -0.230. The number of aliphatic hydroxyl groups excluding tert-OH is 8. The van der Waals surface area contributed by atoms with E-state index in [2.05, 4.69) is 11.8 Å². The van der Waals surface area contributed by atoms with Gasteiger partial charge in [-0.1, -0.05) is 77.6 Å². The van der Waals surface area contributed by atoms with Crippen LogP contribution in [0.1, 0.15) is 122 Å². The van der Waals surface area contributed by atoms with Gasteiger partial charge in [0.25, 0.3) is 0 Å². The van der Waals surface area contributed by atoms with E-state index < -0.39 is 74.3 Å². The van der Waals surface area contributed by atoms with Gasteiger partial charge in [-0.05, 0) is 64.6 Å². The second-order valence-corrected chi connectivity index (χ2v) is 13.5. The molecule has 0 aromatic rings. The smallest absolute Gasteiger partial charge is 0.111 e. The predicted octanol–water partition coefficient (Wildman–Crippen LogP) is 2.01. The Morgan fingerprint density at radius 3 is 1.07 bits per heavy atom. The number of ether oxygens (including phenoxy) is 2. The van der Waals surface area contributed by atoms with Gasteiger partial charge in [-0.15, -0.1) is 0 Å². The number of unbranched alkanes of at least 4 members (excludes halogenated alkanes) is 13. The molecule has 0 aromatic heterocycles. The van der Waals surface area contributed by atoms with Gasteiger partial charge in [-0.3, -0.25) is 0 Å². The topological polar surface area (TPSA) is 184 Å². The molecule has 268 valence electrons. The molecular weight excluding hydrogens is 582 g/mol. The molecule has 0 aromatic carbocycles. The summed E-state index contributed by atoms with van der Waals surface area (Å²) in [7, 11) is 0. The quantitative estimate of drug-likeness (QED) is 0.0677. The lowest BCUT2D eigenvalue weighted by Gasteiger charge is -2.40. The van der Waals surface area contributed by atoms with Crippen LogP contribution in [0.2, 0.25) is 0 Å². The number of nitrogens with zero attached hydrogens (tertiary/aromatic N) is 1. The van der Waals surface area contributed by atoms with Crippen LogP contribution in [0, 0.1) is 0 Å². The van der Waals surface area contributed by atoms with Crippen molar-refractivity contribution >= 4 is 0 Å². The Balaban J connectivity index is 1.72. The van der Waals surface area contributed by atoms with Crippen molar-refractivity contribution in [2.45, 2.75) is 184 Å². The first-order valence-electron chi connectivity index (χ1n) is 18.1. The summed E-state index contributed by atoms with van der Waals surface area (Å²) in [6, 6.07) is 0. The number of rotatable bonds is 25. The van der Waals surface area contributed by atoms with Gasteiger partial charge in [0.15, 0.2) is 0 Å². The zero-order chi connectivity index (χ0) is 33.0. The Kier molecular flexibility index (Phi) is 21.6. The molecule has 0 spiro atoms.